The third kappa shape index (κ3) is 5.94. The highest BCUT2D eigenvalue weighted by Gasteiger charge is 2.32. The number of para-hydroxylation sites is 2. The molecule has 1 aliphatic heterocycles. The molecule has 1 heterocycles. The fourth-order valence-corrected chi connectivity index (χ4v) is 2.75. The molecule has 0 aliphatic carbocycles. The van der Waals surface area contributed by atoms with Gasteiger partial charge in [0.25, 0.3) is 0 Å². The zero-order valence-electron chi connectivity index (χ0n) is 14.9. The van der Waals surface area contributed by atoms with Crippen molar-refractivity contribution in [1.29, 1.82) is 0 Å². The molecule has 0 spiro atoms. The average Bonchev–Trinajstić information content (AvgIpc) is 2.56. The fourth-order valence-electron chi connectivity index (χ4n) is 2.75. The van der Waals surface area contributed by atoms with E-state index >= 15 is 0 Å². The number of hydrogen-bond donors (Lipinski definition) is 0. The van der Waals surface area contributed by atoms with Crippen molar-refractivity contribution in [3.63, 3.8) is 0 Å². The quantitative estimate of drug-likeness (QED) is 0.572. The lowest BCUT2D eigenvalue weighted by Gasteiger charge is -2.26. The van der Waals surface area contributed by atoms with Crippen molar-refractivity contribution < 1.29 is 33.9 Å². The lowest BCUT2D eigenvalue weighted by molar-refractivity contribution is -0.330. The Balaban J connectivity index is 1.74. The molecule has 1 unspecified atom stereocenters. The number of ether oxygens (including phenoxy) is 1. The molecule has 2 rings (SSSR count). The third-order valence-electron chi connectivity index (χ3n) is 3.68. The van der Waals surface area contributed by atoms with Crippen molar-refractivity contribution in [2.24, 2.45) is 11.3 Å². The van der Waals surface area contributed by atoms with Crippen LogP contribution in [0.3, 0.4) is 0 Å². The van der Waals surface area contributed by atoms with Crippen LogP contribution in [-0.4, -0.2) is 18.2 Å². The topological polar surface area (TPSA) is 80.3 Å². The summed E-state index contributed by atoms with van der Waals surface area (Å²) in [5.74, 6) is -0.424. The summed E-state index contributed by atoms with van der Waals surface area (Å²) in [6.45, 7) is 8.44. The largest absolute Gasteiger partial charge is 0.447 e. The number of carbonyl (C=O) groups is 2. The zero-order valence-corrected chi connectivity index (χ0v) is 14.9. The van der Waals surface area contributed by atoms with Crippen LogP contribution in [0.1, 0.15) is 47.0 Å². The first-order valence-corrected chi connectivity index (χ1v) is 8.27. The first-order chi connectivity index (χ1) is 11.8. The summed E-state index contributed by atoms with van der Waals surface area (Å²) >= 11 is 0. The van der Waals surface area contributed by atoms with Gasteiger partial charge in [-0.15, -0.1) is 4.89 Å². The highest BCUT2D eigenvalue weighted by Crippen LogP contribution is 2.32. The molecule has 0 aromatic heterocycles. The van der Waals surface area contributed by atoms with Crippen molar-refractivity contribution in [1.82, 2.24) is 0 Å². The van der Waals surface area contributed by atoms with E-state index in [1.807, 2.05) is 0 Å². The van der Waals surface area contributed by atoms with Gasteiger partial charge in [-0.3, -0.25) is 0 Å². The minimum atomic E-state index is -1.46. The van der Waals surface area contributed by atoms with Crippen LogP contribution in [0.25, 0.3) is 0 Å². The molecule has 7 nitrogen and oxygen atoms in total. The summed E-state index contributed by atoms with van der Waals surface area (Å²) in [6.07, 6.45) is 0.313. The summed E-state index contributed by atoms with van der Waals surface area (Å²) in [5, 5.41) is 0. The first kappa shape index (κ1) is 19.1. The van der Waals surface area contributed by atoms with E-state index in [4.69, 9.17) is 14.5 Å². The van der Waals surface area contributed by atoms with Gasteiger partial charge in [0.2, 0.25) is 5.75 Å². The number of benzene rings is 1. The number of hydrogen-bond acceptors (Lipinski definition) is 7. The van der Waals surface area contributed by atoms with Gasteiger partial charge in [-0.2, -0.15) is 0 Å². The molecule has 0 radical (unpaired) electrons. The average molecular weight is 352 g/mol. The minimum absolute atomic E-state index is 0.00430. The Bertz CT molecular complexity index is 609. The lowest BCUT2D eigenvalue weighted by Crippen LogP contribution is -2.36. The van der Waals surface area contributed by atoms with Crippen LogP contribution in [0.4, 0.5) is 0 Å². The van der Waals surface area contributed by atoms with Gasteiger partial charge in [0.15, 0.2) is 5.75 Å². The van der Waals surface area contributed by atoms with Gasteiger partial charge < -0.3 is 9.62 Å². The Morgan fingerprint density at radius 2 is 1.84 bits per heavy atom. The SMILES string of the molecule is CC(C)CC(C)(C)CCC(=O)OOC(=O)C1OOc2ccccc2O1. The van der Waals surface area contributed by atoms with Gasteiger partial charge >= 0.3 is 18.2 Å². The van der Waals surface area contributed by atoms with Crippen LogP contribution in [0.15, 0.2) is 24.3 Å². The molecule has 138 valence electrons. The van der Waals surface area contributed by atoms with Crippen LogP contribution >= 0.6 is 0 Å². The molecule has 0 saturated heterocycles. The summed E-state index contributed by atoms with van der Waals surface area (Å²) in [4.78, 5) is 42.3. The summed E-state index contributed by atoms with van der Waals surface area (Å²) in [6, 6.07) is 6.68. The molecular formula is C18H24O7. The van der Waals surface area contributed by atoms with Gasteiger partial charge in [-0.1, -0.05) is 39.8 Å². The highest BCUT2D eigenvalue weighted by molar-refractivity contribution is 5.75. The fraction of sp³-hybridized carbons (Fsp3) is 0.556. The Morgan fingerprint density at radius 1 is 1.16 bits per heavy atom. The second-order valence-electron chi connectivity index (χ2n) is 7.20. The molecule has 0 N–H and O–H groups in total. The Labute approximate surface area is 147 Å². The van der Waals surface area contributed by atoms with Gasteiger partial charge in [0.05, 0.1) is 6.42 Å². The Kier molecular flexibility index (Phi) is 6.25. The second-order valence-corrected chi connectivity index (χ2v) is 7.20. The molecule has 7 heteroatoms. The first-order valence-electron chi connectivity index (χ1n) is 8.27. The van der Waals surface area contributed by atoms with E-state index in [1.54, 1.807) is 24.3 Å². The monoisotopic (exact) mass is 352 g/mol. The van der Waals surface area contributed by atoms with E-state index in [-0.39, 0.29) is 11.8 Å². The maximum atomic E-state index is 11.8. The Hall–Kier alpha value is -2.28. The smallest absolute Gasteiger partial charge is 0.427 e. The number of rotatable bonds is 6. The molecule has 1 aromatic carbocycles. The van der Waals surface area contributed by atoms with E-state index in [9.17, 15) is 9.59 Å². The van der Waals surface area contributed by atoms with E-state index in [0.29, 0.717) is 23.8 Å². The lowest BCUT2D eigenvalue weighted by atomic mass is 9.80. The number of carbonyl (C=O) groups excluding carboxylic acids is 2. The van der Waals surface area contributed by atoms with Crippen LogP contribution in [0.5, 0.6) is 11.5 Å². The summed E-state index contributed by atoms with van der Waals surface area (Å²) in [5.41, 5.74) is 0.00430. The molecule has 0 fully saturated rings. The Morgan fingerprint density at radius 3 is 2.52 bits per heavy atom. The van der Waals surface area contributed by atoms with Gasteiger partial charge in [0, 0.05) is 0 Å². The summed E-state index contributed by atoms with van der Waals surface area (Å²) in [7, 11) is 0. The molecule has 0 bridgehead atoms. The maximum absolute atomic E-state index is 11.8. The molecule has 25 heavy (non-hydrogen) atoms. The van der Waals surface area contributed by atoms with E-state index in [1.165, 1.54) is 0 Å². The molecule has 0 amide bonds. The van der Waals surface area contributed by atoms with E-state index in [0.717, 1.165) is 6.42 Å². The third-order valence-corrected chi connectivity index (χ3v) is 3.68. The maximum Gasteiger partial charge on any atom is 0.427 e. The van der Waals surface area contributed by atoms with Crippen LogP contribution < -0.4 is 9.62 Å². The van der Waals surface area contributed by atoms with Crippen molar-refractivity contribution >= 4 is 11.9 Å². The number of fused-ring (bicyclic) bond motifs is 1. The molecular weight excluding hydrogens is 328 g/mol. The summed E-state index contributed by atoms with van der Waals surface area (Å²) < 4.78 is 5.27. The highest BCUT2D eigenvalue weighted by atomic mass is 17.3. The normalized spacial score (nSPS) is 16.4. The van der Waals surface area contributed by atoms with Crippen molar-refractivity contribution in [2.45, 2.75) is 53.2 Å². The second kappa shape index (κ2) is 8.20. The minimum Gasteiger partial charge on any atom is -0.447 e. The van der Waals surface area contributed by atoms with E-state index in [2.05, 4.69) is 37.5 Å². The van der Waals surface area contributed by atoms with Gasteiger partial charge in [-0.25, -0.2) is 19.4 Å². The van der Waals surface area contributed by atoms with Crippen molar-refractivity contribution in [3.05, 3.63) is 24.3 Å². The van der Waals surface area contributed by atoms with Gasteiger partial charge in [0.1, 0.15) is 0 Å². The van der Waals surface area contributed by atoms with Gasteiger partial charge in [-0.05, 0) is 36.3 Å². The standard InChI is InChI=1S/C18H24O7/c1-12(2)11-18(3,4)10-9-15(19)23-24-16(20)17-21-13-7-5-6-8-14(13)22-25-17/h5-8,12,17H,9-11H2,1-4H3. The van der Waals surface area contributed by atoms with Crippen LogP contribution in [0, 0.1) is 11.3 Å². The molecule has 1 atom stereocenters. The van der Waals surface area contributed by atoms with Crippen molar-refractivity contribution in [2.75, 3.05) is 0 Å². The van der Waals surface area contributed by atoms with Crippen LogP contribution in [0.2, 0.25) is 0 Å². The van der Waals surface area contributed by atoms with E-state index < -0.39 is 18.2 Å². The predicted molar refractivity (Wildman–Crippen MR) is 87.2 cm³/mol. The molecule has 0 saturated carbocycles. The zero-order chi connectivity index (χ0) is 18.4. The van der Waals surface area contributed by atoms with Crippen LogP contribution in [-0.2, 0) is 24.3 Å². The molecule has 1 aromatic rings. The predicted octanol–water partition coefficient (Wildman–Crippen LogP) is 3.57. The van der Waals surface area contributed by atoms with Crippen molar-refractivity contribution in [3.8, 4) is 11.5 Å². The molecule has 1 aliphatic rings.